The summed E-state index contributed by atoms with van der Waals surface area (Å²) < 4.78 is 0. The molecule has 2 aromatic rings. The van der Waals surface area contributed by atoms with Crippen LogP contribution < -0.4 is 10.6 Å². The summed E-state index contributed by atoms with van der Waals surface area (Å²) in [5, 5.41) is 7.41. The maximum Gasteiger partial charge on any atom is 0.242 e. The lowest BCUT2D eigenvalue weighted by atomic mass is 10.2. The van der Waals surface area contributed by atoms with Crippen molar-refractivity contribution in [3.63, 3.8) is 0 Å². The van der Waals surface area contributed by atoms with E-state index in [9.17, 15) is 4.79 Å². The van der Waals surface area contributed by atoms with Gasteiger partial charge >= 0.3 is 0 Å². The summed E-state index contributed by atoms with van der Waals surface area (Å²) in [6.07, 6.45) is 2.72. The first-order valence-corrected chi connectivity index (χ1v) is 9.61. The van der Waals surface area contributed by atoms with E-state index in [-0.39, 0.29) is 36.4 Å². The topological polar surface area (TPSA) is 69.6 Å². The molecule has 148 valence electrons. The Kier molecular flexibility index (Phi) is 11.0. The summed E-state index contributed by atoms with van der Waals surface area (Å²) in [7, 11) is 1.70. The fourth-order valence-corrected chi connectivity index (χ4v) is 3.26. The highest BCUT2D eigenvalue weighted by Crippen LogP contribution is 2.10. The number of hydrogen-bond donors (Lipinski definition) is 2. The number of carbonyl (C=O) groups excluding carboxylic acids is 1. The Morgan fingerprint density at radius 3 is 2.59 bits per heavy atom. The molecule has 6 nitrogen and oxygen atoms in total. The molecule has 1 heterocycles. The molecule has 2 rings (SSSR count). The second-order valence-electron chi connectivity index (χ2n) is 5.86. The Morgan fingerprint density at radius 2 is 2.00 bits per heavy atom. The summed E-state index contributed by atoms with van der Waals surface area (Å²) in [6, 6.07) is 10.0. The van der Waals surface area contributed by atoms with Gasteiger partial charge in [0.05, 0.1) is 11.6 Å². The maximum atomic E-state index is 12.5. The van der Waals surface area contributed by atoms with Gasteiger partial charge in [-0.15, -0.1) is 35.3 Å². The van der Waals surface area contributed by atoms with Crippen LogP contribution in [0.1, 0.15) is 22.4 Å². The van der Waals surface area contributed by atoms with Crippen molar-refractivity contribution < 1.29 is 4.79 Å². The number of hydrogen-bond acceptors (Lipinski definition) is 4. The standard InChI is InChI=1S/C19H27N5OS.HI/c1-4-24(14-16-8-6-5-7-9-16)18(25)13-23-19(20-3)21-11-10-17-22-12-15(2)26-17;/h5-9,12H,4,10-11,13-14H2,1-3H3,(H2,20,21,23);1H. The van der Waals surface area contributed by atoms with E-state index >= 15 is 0 Å². The molecule has 0 saturated heterocycles. The largest absolute Gasteiger partial charge is 0.356 e. The molecule has 1 aromatic carbocycles. The molecule has 0 aliphatic carbocycles. The van der Waals surface area contributed by atoms with Crippen molar-refractivity contribution in [2.45, 2.75) is 26.8 Å². The lowest BCUT2D eigenvalue weighted by Gasteiger charge is -2.22. The molecule has 0 unspecified atom stereocenters. The van der Waals surface area contributed by atoms with Gasteiger partial charge in [-0.2, -0.15) is 0 Å². The minimum atomic E-state index is 0. The maximum absolute atomic E-state index is 12.5. The Morgan fingerprint density at radius 1 is 1.26 bits per heavy atom. The number of likely N-dealkylation sites (N-methyl/N-ethyl adjacent to an activating group) is 1. The highest BCUT2D eigenvalue weighted by atomic mass is 127. The molecule has 0 saturated carbocycles. The monoisotopic (exact) mass is 501 g/mol. The summed E-state index contributed by atoms with van der Waals surface area (Å²) in [5.74, 6) is 0.678. The fraction of sp³-hybridized carbons (Fsp3) is 0.421. The zero-order chi connectivity index (χ0) is 18.8. The van der Waals surface area contributed by atoms with Crippen molar-refractivity contribution in [3.8, 4) is 0 Å². The van der Waals surface area contributed by atoms with Crippen LogP contribution in [0.25, 0.3) is 0 Å². The van der Waals surface area contributed by atoms with Crippen molar-refractivity contribution in [2.75, 3.05) is 26.7 Å². The highest BCUT2D eigenvalue weighted by Gasteiger charge is 2.12. The van der Waals surface area contributed by atoms with Gasteiger partial charge in [0, 0.05) is 44.2 Å². The van der Waals surface area contributed by atoms with Gasteiger partial charge in [0.2, 0.25) is 5.91 Å². The molecule has 1 amide bonds. The number of amides is 1. The van der Waals surface area contributed by atoms with Crippen molar-refractivity contribution in [2.24, 2.45) is 4.99 Å². The zero-order valence-electron chi connectivity index (χ0n) is 16.1. The van der Waals surface area contributed by atoms with Crippen molar-refractivity contribution in [3.05, 3.63) is 52.0 Å². The van der Waals surface area contributed by atoms with Crippen LogP contribution in [0, 0.1) is 6.92 Å². The fourth-order valence-electron chi connectivity index (χ4n) is 2.48. The Hall–Kier alpha value is -1.68. The van der Waals surface area contributed by atoms with Crippen LogP contribution in [0.5, 0.6) is 0 Å². The Bertz CT molecular complexity index is 720. The molecular weight excluding hydrogens is 473 g/mol. The number of nitrogens with one attached hydrogen (secondary N) is 2. The number of benzene rings is 1. The van der Waals surface area contributed by atoms with E-state index in [1.54, 1.807) is 18.4 Å². The first kappa shape index (κ1) is 23.4. The van der Waals surface area contributed by atoms with E-state index in [1.807, 2.05) is 48.4 Å². The third-order valence-electron chi connectivity index (χ3n) is 3.88. The van der Waals surface area contributed by atoms with Crippen molar-refractivity contribution in [1.82, 2.24) is 20.5 Å². The first-order valence-electron chi connectivity index (χ1n) is 8.80. The van der Waals surface area contributed by atoms with Gasteiger partial charge in [0.25, 0.3) is 0 Å². The van der Waals surface area contributed by atoms with Crippen molar-refractivity contribution in [1.29, 1.82) is 0 Å². The van der Waals surface area contributed by atoms with Gasteiger partial charge in [-0.3, -0.25) is 9.79 Å². The van der Waals surface area contributed by atoms with E-state index in [4.69, 9.17) is 0 Å². The predicted molar refractivity (Wildman–Crippen MR) is 123 cm³/mol. The summed E-state index contributed by atoms with van der Waals surface area (Å²) in [5.41, 5.74) is 1.13. The average molecular weight is 501 g/mol. The van der Waals surface area contributed by atoms with E-state index in [0.29, 0.717) is 19.0 Å². The van der Waals surface area contributed by atoms with Crippen LogP contribution in [0.15, 0.2) is 41.5 Å². The van der Waals surface area contributed by atoms with Crippen LogP contribution in [0.2, 0.25) is 0 Å². The number of halogens is 1. The summed E-state index contributed by atoms with van der Waals surface area (Å²) in [6.45, 7) is 6.27. The molecule has 0 spiro atoms. The minimum Gasteiger partial charge on any atom is -0.356 e. The quantitative estimate of drug-likeness (QED) is 0.332. The molecule has 0 aliphatic rings. The molecule has 1 aromatic heterocycles. The molecule has 0 bridgehead atoms. The van der Waals surface area contributed by atoms with Gasteiger partial charge in [-0.25, -0.2) is 4.98 Å². The third kappa shape index (κ3) is 8.25. The van der Waals surface area contributed by atoms with Crippen LogP contribution in [0.4, 0.5) is 0 Å². The molecule has 2 N–H and O–H groups in total. The van der Waals surface area contributed by atoms with E-state index < -0.39 is 0 Å². The molecule has 0 fully saturated rings. The van der Waals surface area contributed by atoms with E-state index in [0.717, 1.165) is 23.5 Å². The van der Waals surface area contributed by atoms with Gasteiger partial charge in [-0.1, -0.05) is 30.3 Å². The summed E-state index contributed by atoms with van der Waals surface area (Å²) >= 11 is 1.70. The van der Waals surface area contributed by atoms with Crippen LogP contribution >= 0.6 is 35.3 Å². The minimum absolute atomic E-state index is 0. The number of aliphatic imine (C=N–C) groups is 1. The number of aromatic nitrogens is 1. The zero-order valence-corrected chi connectivity index (χ0v) is 19.2. The van der Waals surface area contributed by atoms with E-state index in [1.165, 1.54) is 4.88 Å². The molecule has 8 heteroatoms. The third-order valence-corrected chi connectivity index (χ3v) is 4.85. The van der Waals surface area contributed by atoms with Gasteiger partial charge < -0.3 is 15.5 Å². The van der Waals surface area contributed by atoms with Gasteiger partial charge in [-0.05, 0) is 19.4 Å². The van der Waals surface area contributed by atoms with Crippen molar-refractivity contribution >= 4 is 47.2 Å². The number of aryl methyl sites for hydroxylation is 1. The van der Waals surface area contributed by atoms with E-state index in [2.05, 4.69) is 27.5 Å². The van der Waals surface area contributed by atoms with Gasteiger partial charge in [0.1, 0.15) is 0 Å². The number of nitrogens with zero attached hydrogens (tertiary/aromatic N) is 3. The van der Waals surface area contributed by atoms with Crippen LogP contribution in [-0.4, -0.2) is 48.4 Å². The highest BCUT2D eigenvalue weighted by molar-refractivity contribution is 14.0. The normalized spacial score (nSPS) is 10.9. The first-order chi connectivity index (χ1) is 12.6. The second kappa shape index (κ2) is 12.7. The van der Waals surface area contributed by atoms with Gasteiger partial charge in [0.15, 0.2) is 5.96 Å². The molecular formula is C19H28IN5OS. The molecule has 27 heavy (non-hydrogen) atoms. The lowest BCUT2D eigenvalue weighted by molar-refractivity contribution is -0.130. The summed E-state index contributed by atoms with van der Waals surface area (Å²) in [4.78, 5) is 24.0. The number of guanidine groups is 1. The number of carbonyl (C=O) groups is 1. The number of rotatable bonds is 8. The second-order valence-corrected chi connectivity index (χ2v) is 7.18. The SMILES string of the molecule is CCN(Cc1ccccc1)C(=O)CNC(=NC)NCCc1ncc(C)s1.I. The molecule has 0 atom stereocenters. The predicted octanol–water partition coefficient (Wildman–Crippen LogP) is 2.83. The van der Waals surface area contributed by atoms with Crippen LogP contribution in [0.3, 0.4) is 0 Å². The number of thiazole rings is 1. The van der Waals surface area contributed by atoms with Crippen LogP contribution in [-0.2, 0) is 17.8 Å². The average Bonchev–Trinajstić information content (AvgIpc) is 3.08. The Labute approximate surface area is 182 Å². The molecule has 0 aliphatic heterocycles. The Balaban J connectivity index is 0.00000364. The molecule has 0 radical (unpaired) electrons. The lowest BCUT2D eigenvalue weighted by Crippen LogP contribution is -2.44. The smallest absolute Gasteiger partial charge is 0.242 e.